The molecule has 0 radical (unpaired) electrons. The van der Waals surface area contributed by atoms with Gasteiger partial charge in [0.15, 0.2) is 0 Å². The van der Waals surface area contributed by atoms with Gasteiger partial charge >= 0.3 is 0 Å². The Morgan fingerprint density at radius 2 is 1.56 bits per heavy atom. The second kappa shape index (κ2) is 15.8. The molecular weight excluding hydrogens is 154 g/mol. The smallest absolute Gasteiger partial charge is 0.0558 e. The molecule has 0 atom stereocenters. The normalized spacial score (nSPS) is 7.33. The van der Waals surface area contributed by atoms with E-state index in [2.05, 4.69) is 0 Å². The van der Waals surface area contributed by atoms with Crippen LogP contribution in [0.15, 0.2) is 0 Å². The van der Waals surface area contributed by atoms with E-state index < -0.39 is 0 Å². The predicted octanol–water partition coefficient (Wildman–Crippen LogP) is -0.854. The molecule has 0 aromatic carbocycles. The molecule has 3 nitrogen and oxygen atoms in total. The first-order chi connectivity index (χ1) is 3.77. The zero-order valence-electron chi connectivity index (χ0n) is 6.26. The van der Waals surface area contributed by atoms with Crippen molar-refractivity contribution in [3.63, 3.8) is 0 Å². The average molecular weight is 169 g/mol. The molecular formula is C5H15NO2Ti. The minimum atomic E-state index is 0. The molecule has 0 aromatic heterocycles. The Hall–Kier alpha value is 0.594. The van der Waals surface area contributed by atoms with Gasteiger partial charge in [0, 0.05) is 35.4 Å². The molecule has 0 heterocycles. The molecule has 0 spiro atoms. The van der Waals surface area contributed by atoms with E-state index >= 15 is 0 Å². The van der Waals surface area contributed by atoms with Crippen LogP contribution in [-0.4, -0.2) is 49.5 Å². The summed E-state index contributed by atoms with van der Waals surface area (Å²) in [4.78, 5) is 1.93. The number of likely N-dealkylation sites (N-methyl/N-ethyl adjacent to an activating group) is 1. The summed E-state index contributed by atoms with van der Waals surface area (Å²) in [6.07, 6.45) is 0. The SMILES string of the molecule is CN(C)CCO.CO.[Ti]. The standard InChI is InChI=1S/C4H11NO.CH4O.Ti/c1-5(2)3-4-6;1-2;/h6H,3-4H2,1-2H3;2H,1H3;. The van der Waals surface area contributed by atoms with E-state index in [-0.39, 0.29) is 28.3 Å². The summed E-state index contributed by atoms with van der Waals surface area (Å²) in [5.41, 5.74) is 0. The van der Waals surface area contributed by atoms with Gasteiger partial charge in [0.05, 0.1) is 6.61 Å². The van der Waals surface area contributed by atoms with Crippen molar-refractivity contribution in [2.45, 2.75) is 0 Å². The molecule has 0 saturated heterocycles. The summed E-state index contributed by atoms with van der Waals surface area (Å²) in [7, 11) is 4.85. The molecule has 0 rings (SSSR count). The van der Waals surface area contributed by atoms with Crippen molar-refractivity contribution in [1.82, 2.24) is 4.90 Å². The van der Waals surface area contributed by atoms with Gasteiger partial charge in [-0.25, -0.2) is 0 Å². The van der Waals surface area contributed by atoms with Crippen LogP contribution < -0.4 is 0 Å². The summed E-state index contributed by atoms with van der Waals surface area (Å²) in [5, 5.41) is 15.2. The Balaban J connectivity index is -0.000000109. The van der Waals surface area contributed by atoms with E-state index in [9.17, 15) is 0 Å². The van der Waals surface area contributed by atoms with Crippen LogP contribution in [0.4, 0.5) is 0 Å². The maximum atomic E-state index is 8.20. The zero-order valence-corrected chi connectivity index (χ0v) is 7.82. The van der Waals surface area contributed by atoms with E-state index in [1.54, 1.807) is 0 Å². The molecule has 9 heavy (non-hydrogen) atoms. The largest absolute Gasteiger partial charge is 0.400 e. The topological polar surface area (TPSA) is 43.7 Å². The molecule has 0 amide bonds. The molecule has 0 bridgehead atoms. The van der Waals surface area contributed by atoms with Crippen LogP contribution in [0.2, 0.25) is 0 Å². The number of rotatable bonds is 2. The number of nitrogens with zero attached hydrogens (tertiary/aromatic N) is 1. The summed E-state index contributed by atoms with van der Waals surface area (Å²) in [6.45, 7) is 1.02. The fourth-order valence-corrected chi connectivity index (χ4v) is 0.200. The maximum Gasteiger partial charge on any atom is 0.0558 e. The van der Waals surface area contributed by atoms with Crippen molar-refractivity contribution in [3.8, 4) is 0 Å². The van der Waals surface area contributed by atoms with Crippen molar-refractivity contribution in [3.05, 3.63) is 0 Å². The van der Waals surface area contributed by atoms with E-state index in [0.717, 1.165) is 13.7 Å². The van der Waals surface area contributed by atoms with Crippen LogP contribution in [0, 0.1) is 0 Å². The minimum absolute atomic E-state index is 0. The van der Waals surface area contributed by atoms with Crippen LogP contribution in [0.1, 0.15) is 0 Å². The maximum absolute atomic E-state index is 8.20. The number of hydrogen-bond donors (Lipinski definition) is 2. The molecule has 0 aliphatic heterocycles. The fraction of sp³-hybridized carbons (Fsp3) is 1.00. The van der Waals surface area contributed by atoms with E-state index in [0.29, 0.717) is 0 Å². The average Bonchev–Trinajstić information content (AvgIpc) is 1.72. The number of aliphatic hydroxyl groups excluding tert-OH is 2. The Morgan fingerprint density at radius 1 is 1.22 bits per heavy atom. The zero-order chi connectivity index (χ0) is 6.99. The second-order valence-electron chi connectivity index (χ2n) is 1.53. The third-order valence-corrected chi connectivity index (χ3v) is 0.547. The molecule has 0 aliphatic carbocycles. The van der Waals surface area contributed by atoms with Crippen LogP contribution in [0.5, 0.6) is 0 Å². The van der Waals surface area contributed by atoms with Crippen molar-refractivity contribution >= 4 is 0 Å². The van der Waals surface area contributed by atoms with E-state index in [1.165, 1.54) is 0 Å². The van der Waals surface area contributed by atoms with Gasteiger partial charge in [0.1, 0.15) is 0 Å². The third kappa shape index (κ3) is 28.9. The monoisotopic (exact) mass is 169 g/mol. The van der Waals surface area contributed by atoms with Crippen LogP contribution in [-0.2, 0) is 21.7 Å². The van der Waals surface area contributed by atoms with Gasteiger partial charge in [0.2, 0.25) is 0 Å². The van der Waals surface area contributed by atoms with Gasteiger partial charge < -0.3 is 15.1 Å². The Labute approximate surface area is 71.6 Å². The fourth-order valence-electron chi connectivity index (χ4n) is 0.200. The summed E-state index contributed by atoms with van der Waals surface area (Å²) < 4.78 is 0. The van der Waals surface area contributed by atoms with Crippen LogP contribution in [0.25, 0.3) is 0 Å². The van der Waals surface area contributed by atoms with Crippen LogP contribution >= 0.6 is 0 Å². The third-order valence-electron chi connectivity index (χ3n) is 0.547. The quantitative estimate of drug-likeness (QED) is 0.529. The van der Waals surface area contributed by atoms with Crippen molar-refractivity contribution in [2.24, 2.45) is 0 Å². The summed E-state index contributed by atoms with van der Waals surface area (Å²) in [6, 6.07) is 0. The molecule has 0 aliphatic rings. The Bertz CT molecular complexity index is 36.1. The van der Waals surface area contributed by atoms with Gasteiger partial charge in [0.25, 0.3) is 0 Å². The van der Waals surface area contributed by atoms with E-state index in [4.69, 9.17) is 10.2 Å². The van der Waals surface area contributed by atoms with Gasteiger partial charge in [-0.1, -0.05) is 0 Å². The second-order valence-corrected chi connectivity index (χ2v) is 1.53. The Morgan fingerprint density at radius 3 is 1.56 bits per heavy atom. The molecule has 0 fully saturated rings. The first-order valence-corrected chi connectivity index (χ1v) is 2.47. The molecule has 2 N–H and O–H groups in total. The van der Waals surface area contributed by atoms with Gasteiger partial charge in [-0.2, -0.15) is 0 Å². The molecule has 4 heteroatoms. The summed E-state index contributed by atoms with van der Waals surface area (Å²) in [5.74, 6) is 0. The molecule has 0 unspecified atom stereocenters. The van der Waals surface area contributed by atoms with Crippen molar-refractivity contribution in [2.75, 3.05) is 34.4 Å². The van der Waals surface area contributed by atoms with Gasteiger partial charge in [-0.05, 0) is 14.1 Å². The Kier molecular flexibility index (Phi) is 28.7. The number of aliphatic hydroxyl groups is 2. The molecule has 0 aromatic rings. The van der Waals surface area contributed by atoms with E-state index in [1.807, 2.05) is 19.0 Å². The van der Waals surface area contributed by atoms with Crippen LogP contribution in [0.3, 0.4) is 0 Å². The van der Waals surface area contributed by atoms with Crippen molar-refractivity contribution in [1.29, 1.82) is 0 Å². The van der Waals surface area contributed by atoms with Gasteiger partial charge in [-0.3, -0.25) is 0 Å². The molecule has 56 valence electrons. The summed E-state index contributed by atoms with van der Waals surface area (Å²) >= 11 is 0. The predicted molar refractivity (Wildman–Crippen MR) is 33.8 cm³/mol. The minimum Gasteiger partial charge on any atom is -0.400 e. The van der Waals surface area contributed by atoms with Gasteiger partial charge in [-0.15, -0.1) is 0 Å². The first kappa shape index (κ1) is 16.3. The first-order valence-electron chi connectivity index (χ1n) is 2.47. The molecule has 0 saturated carbocycles. The number of hydrogen-bond acceptors (Lipinski definition) is 3. The van der Waals surface area contributed by atoms with Crippen molar-refractivity contribution < 1.29 is 31.9 Å².